The quantitative estimate of drug-likeness (QED) is 0.550. The monoisotopic (exact) mass is 369 g/mol. The van der Waals surface area contributed by atoms with Gasteiger partial charge in [0.15, 0.2) is 0 Å². The van der Waals surface area contributed by atoms with Gasteiger partial charge < -0.3 is 9.88 Å². The lowest BCUT2D eigenvalue weighted by Crippen LogP contribution is -2.37. The van der Waals surface area contributed by atoms with Crippen LogP contribution in [0.5, 0.6) is 0 Å². The van der Waals surface area contributed by atoms with Gasteiger partial charge in [-0.25, -0.2) is 23.9 Å². The number of fused-ring (bicyclic) bond motifs is 2. The summed E-state index contributed by atoms with van der Waals surface area (Å²) in [7, 11) is 0. The van der Waals surface area contributed by atoms with Crippen molar-refractivity contribution in [2.75, 3.05) is 11.4 Å². The Kier molecular flexibility index (Phi) is 3.39. The Hall–Kier alpha value is -3.00. The van der Waals surface area contributed by atoms with Crippen LogP contribution in [0.25, 0.3) is 5.52 Å². The minimum Gasteiger partial charge on any atom is -0.348 e. The van der Waals surface area contributed by atoms with Crippen LogP contribution in [-0.4, -0.2) is 36.1 Å². The average molecular weight is 370 g/mol. The van der Waals surface area contributed by atoms with Crippen LogP contribution in [-0.2, 0) is 6.42 Å². The molecule has 26 heavy (non-hydrogen) atoms. The number of hydrogen-bond acceptors (Lipinski definition) is 5. The second kappa shape index (κ2) is 5.77. The van der Waals surface area contributed by atoms with Crippen molar-refractivity contribution in [2.24, 2.45) is 0 Å². The van der Waals surface area contributed by atoms with Crippen LogP contribution in [0.1, 0.15) is 23.1 Å². The molecule has 1 aliphatic heterocycles. The van der Waals surface area contributed by atoms with Gasteiger partial charge in [0.25, 0.3) is 0 Å². The Morgan fingerprint density at radius 3 is 3.00 bits per heavy atom. The predicted octanol–water partition coefficient (Wildman–Crippen LogP) is 2.79. The van der Waals surface area contributed by atoms with Gasteiger partial charge >= 0.3 is 0 Å². The Labute approximate surface area is 152 Å². The van der Waals surface area contributed by atoms with Crippen LogP contribution in [0.15, 0.2) is 43.1 Å². The molecule has 0 fully saturated rings. The Morgan fingerprint density at radius 1 is 1.23 bits per heavy atom. The van der Waals surface area contributed by atoms with Crippen molar-refractivity contribution in [2.45, 2.75) is 12.5 Å². The van der Waals surface area contributed by atoms with Gasteiger partial charge in [-0.2, -0.15) is 5.10 Å². The molecule has 0 saturated carbocycles. The zero-order valence-corrected chi connectivity index (χ0v) is 14.2. The maximum absolute atomic E-state index is 14.1. The van der Waals surface area contributed by atoms with Crippen LogP contribution in [0.2, 0.25) is 5.15 Å². The molecule has 0 bridgehead atoms. The molecule has 9 heteroatoms. The van der Waals surface area contributed by atoms with E-state index in [1.165, 1.54) is 16.9 Å². The van der Waals surface area contributed by atoms with E-state index >= 15 is 0 Å². The smallest absolute Gasteiger partial charge is 0.148 e. The summed E-state index contributed by atoms with van der Waals surface area (Å²) in [5.74, 6) is 0.363. The SMILES string of the molecule is Fc1cccn2nc([C@H]3c4nc[nH]c4CCN3c3cc(Cl)ncn3)cc12. The second-order valence-electron chi connectivity index (χ2n) is 6.07. The van der Waals surface area contributed by atoms with E-state index in [0.29, 0.717) is 28.7 Å². The van der Waals surface area contributed by atoms with E-state index in [4.69, 9.17) is 11.6 Å². The zero-order chi connectivity index (χ0) is 17.7. The van der Waals surface area contributed by atoms with Crippen molar-refractivity contribution < 1.29 is 4.39 Å². The molecule has 0 amide bonds. The van der Waals surface area contributed by atoms with E-state index in [1.807, 2.05) is 0 Å². The number of imidazole rings is 1. The molecule has 1 N–H and O–H groups in total. The second-order valence-corrected chi connectivity index (χ2v) is 6.45. The van der Waals surface area contributed by atoms with Crippen molar-refractivity contribution in [3.63, 3.8) is 0 Å². The third-order valence-corrected chi connectivity index (χ3v) is 4.79. The number of H-pyrrole nitrogens is 1. The molecule has 7 nitrogen and oxygen atoms in total. The number of aromatic amines is 1. The fourth-order valence-electron chi connectivity index (χ4n) is 3.44. The number of rotatable bonds is 2. The van der Waals surface area contributed by atoms with E-state index in [-0.39, 0.29) is 11.9 Å². The highest BCUT2D eigenvalue weighted by atomic mass is 35.5. The zero-order valence-electron chi connectivity index (χ0n) is 13.5. The first-order valence-corrected chi connectivity index (χ1v) is 8.48. The molecule has 4 aromatic rings. The molecular weight excluding hydrogens is 357 g/mol. The summed E-state index contributed by atoms with van der Waals surface area (Å²) in [5.41, 5.74) is 3.02. The number of nitrogens with one attached hydrogen (secondary N) is 1. The Morgan fingerprint density at radius 2 is 2.15 bits per heavy atom. The lowest BCUT2D eigenvalue weighted by molar-refractivity contribution is 0.608. The van der Waals surface area contributed by atoms with Gasteiger partial charge in [0.05, 0.1) is 17.7 Å². The fourth-order valence-corrected chi connectivity index (χ4v) is 3.58. The molecule has 0 radical (unpaired) electrons. The fraction of sp³-hybridized carbons (Fsp3) is 0.176. The van der Waals surface area contributed by atoms with Crippen molar-refractivity contribution in [3.05, 3.63) is 71.2 Å². The first-order chi connectivity index (χ1) is 12.7. The number of halogens is 2. The van der Waals surface area contributed by atoms with Gasteiger partial charge in [-0.3, -0.25) is 0 Å². The predicted molar refractivity (Wildman–Crippen MR) is 93.7 cm³/mol. The molecule has 0 spiro atoms. The number of anilines is 1. The van der Waals surface area contributed by atoms with E-state index in [9.17, 15) is 4.39 Å². The van der Waals surface area contributed by atoms with E-state index in [2.05, 4.69) is 29.9 Å². The molecule has 1 atom stereocenters. The summed E-state index contributed by atoms with van der Waals surface area (Å²) in [6.45, 7) is 0.698. The number of pyridine rings is 1. The first kappa shape index (κ1) is 15.3. The van der Waals surface area contributed by atoms with Crippen LogP contribution in [0, 0.1) is 5.82 Å². The standard InChI is InChI=1S/C17H13ClFN7/c18-14-7-15(22-9-21-14)25-5-3-11-16(23-8-20-11)17(25)12-6-13-10(19)2-1-4-26(13)24-12/h1-2,4,6-9,17H,3,5H2,(H,20,23)/t17-/m0/s1. The maximum Gasteiger partial charge on any atom is 0.148 e. The van der Waals surface area contributed by atoms with Crippen molar-refractivity contribution >= 4 is 22.9 Å². The number of hydrogen-bond donors (Lipinski definition) is 1. The first-order valence-electron chi connectivity index (χ1n) is 8.11. The number of nitrogens with zero attached hydrogens (tertiary/aromatic N) is 6. The van der Waals surface area contributed by atoms with E-state index in [1.54, 1.807) is 30.7 Å². The van der Waals surface area contributed by atoms with Crippen LogP contribution in [0.3, 0.4) is 0 Å². The average Bonchev–Trinajstić information content (AvgIpc) is 3.28. The van der Waals surface area contributed by atoms with Crippen molar-refractivity contribution in [1.82, 2.24) is 29.5 Å². The van der Waals surface area contributed by atoms with Gasteiger partial charge in [0.1, 0.15) is 34.7 Å². The molecule has 1 aliphatic rings. The van der Waals surface area contributed by atoms with Crippen molar-refractivity contribution in [1.29, 1.82) is 0 Å². The van der Waals surface area contributed by atoms with Crippen LogP contribution >= 0.6 is 11.6 Å². The molecule has 5 heterocycles. The Bertz CT molecular complexity index is 1110. The van der Waals surface area contributed by atoms with Crippen LogP contribution < -0.4 is 4.90 Å². The molecule has 4 aromatic heterocycles. The summed E-state index contributed by atoms with van der Waals surface area (Å²) in [6, 6.07) is 6.21. The summed E-state index contributed by atoms with van der Waals surface area (Å²) in [4.78, 5) is 18.0. The number of aromatic nitrogens is 6. The highest BCUT2D eigenvalue weighted by Crippen LogP contribution is 2.36. The minimum absolute atomic E-state index is 0.296. The minimum atomic E-state index is -0.319. The molecule has 0 saturated heterocycles. The maximum atomic E-state index is 14.1. The normalized spacial score (nSPS) is 16.8. The molecule has 0 aliphatic carbocycles. The Balaban J connectivity index is 1.69. The molecule has 0 unspecified atom stereocenters. The lowest BCUT2D eigenvalue weighted by atomic mass is 10.00. The lowest BCUT2D eigenvalue weighted by Gasteiger charge is -2.34. The van der Waals surface area contributed by atoms with Gasteiger partial charge in [0.2, 0.25) is 0 Å². The third kappa shape index (κ3) is 2.33. The highest BCUT2D eigenvalue weighted by Gasteiger charge is 2.34. The topological polar surface area (TPSA) is 75.0 Å². The summed E-state index contributed by atoms with van der Waals surface area (Å²) in [5, 5.41) is 4.94. The van der Waals surface area contributed by atoms with Gasteiger partial charge in [0, 0.05) is 30.9 Å². The van der Waals surface area contributed by atoms with Gasteiger partial charge in [-0.05, 0) is 18.2 Å². The largest absolute Gasteiger partial charge is 0.348 e. The van der Waals surface area contributed by atoms with Crippen LogP contribution in [0.4, 0.5) is 10.2 Å². The summed E-state index contributed by atoms with van der Waals surface area (Å²) < 4.78 is 15.7. The molecular formula is C17H13ClFN7. The molecule has 130 valence electrons. The van der Waals surface area contributed by atoms with E-state index < -0.39 is 0 Å². The third-order valence-electron chi connectivity index (χ3n) is 4.59. The highest BCUT2D eigenvalue weighted by molar-refractivity contribution is 6.29. The summed E-state index contributed by atoms with van der Waals surface area (Å²) >= 11 is 6.05. The molecule has 0 aromatic carbocycles. The van der Waals surface area contributed by atoms with E-state index in [0.717, 1.165) is 17.8 Å². The summed E-state index contributed by atoms with van der Waals surface area (Å²) in [6.07, 6.45) is 5.61. The molecule has 5 rings (SSSR count). The van der Waals surface area contributed by atoms with Gasteiger partial charge in [-0.15, -0.1) is 0 Å². The van der Waals surface area contributed by atoms with Gasteiger partial charge in [-0.1, -0.05) is 11.6 Å². The van der Waals surface area contributed by atoms with Crippen molar-refractivity contribution in [3.8, 4) is 0 Å².